The van der Waals surface area contributed by atoms with Crippen molar-refractivity contribution in [2.24, 2.45) is 0 Å². The summed E-state index contributed by atoms with van der Waals surface area (Å²) >= 11 is 0. The third-order valence-electron chi connectivity index (χ3n) is 5.71. The number of hydrogen-bond donors (Lipinski definition) is 3. The molecule has 0 bridgehead atoms. The van der Waals surface area contributed by atoms with Crippen LogP contribution in [0.5, 0.6) is 0 Å². The highest BCUT2D eigenvalue weighted by molar-refractivity contribution is 5.76. The average Bonchev–Trinajstić information content (AvgIpc) is 3.45. The summed E-state index contributed by atoms with van der Waals surface area (Å²) < 4.78 is 2.00. The van der Waals surface area contributed by atoms with Crippen LogP contribution in [-0.4, -0.2) is 43.3 Å². The Morgan fingerprint density at radius 2 is 2.14 bits per heavy atom. The van der Waals surface area contributed by atoms with E-state index in [2.05, 4.69) is 62.1 Å². The molecule has 8 heteroatoms. The van der Waals surface area contributed by atoms with Crippen LogP contribution in [0.2, 0.25) is 0 Å². The van der Waals surface area contributed by atoms with E-state index >= 15 is 0 Å². The third kappa shape index (κ3) is 3.58. The number of pyridine rings is 1. The van der Waals surface area contributed by atoms with Crippen molar-refractivity contribution in [2.75, 3.05) is 18.8 Å². The largest absolute Gasteiger partial charge is 0.384 e. The molecule has 0 unspecified atom stereocenters. The van der Waals surface area contributed by atoms with E-state index in [0.29, 0.717) is 23.8 Å². The third-order valence-corrected chi connectivity index (χ3v) is 5.71. The van der Waals surface area contributed by atoms with Gasteiger partial charge in [0.05, 0.1) is 12.7 Å². The second-order valence-corrected chi connectivity index (χ2v) is 7.80. The minimum absolute atomic E-state index is 0.447. The number of rotatable bonds is 5. The van der Waals surface area contributed by atoms with E-state index < -0.39 is 0 Å². The Morgan fingerprint density at radius 1 is 1.21 bits per heavy atom. The number of nitrogens with one attached hydrogen (secondary N) is 2. The zero-order valence-corrected chi connectivity index (χ0v) is 16.4. The Bertz CT molecular complexity index is 1150. The van der Waals surface area contributed by atoms with Crippen LogP contribution < -0.4 is 11.1 Å². The lowest BCUT2D eigenvalue weighted by Gasteiger charge is -2.13. The summed E-state index contributed by atoms with van der Waals surface area (Å²) in [5.41, 5.74) is 13.3. The first-order valence-electron chi connectivity index (χ1n) is 9.93. The number of nitrogens with two attached hydrogens (primary N) is 1. The summed E-state index contributed by atoms with van der Waals surface area (Å²) in [6.45, 7) is 5.10. The molecule has 8 nitrogen and oxygen atoms in total. The first-order valence-corrected chi connectivity index (χ1v) is 9.93. The highest BCUT2D eigenvalue weighted by atomic mass is 15.3. The van der Waals surface area contributed by atoms with E-state index in [1.165, 1.54) is 23.1 Å². The Balaban J connectivity index is 1.36. The lowest BCUT2D eigenvalue weighted by atomic mass is 9.94. The Morgan fingerprint density at radius 3 is 3.00 bits per heavy atom. The molecule has 4 N–H and O–H groups in total. The van der Waals surface area contributed by atoms with E-state index in [9.17, 15) is 0 Å². The molecular formula is C21H24N8. The van der Waals surface area contributed by atoms with Gasteiger partial charge in [0.2, 0.25) is 5.65 Å². The number of fused-ring (bicyclic) bond motifs is 1. The van der Waals surface area contributed by atoms with Crippen LogP contribution in [0.4, 0.5) is 5.82 Å². The van der Waals surface area contributed by atoms with Crippen LogP contribution in [0.3, 0.4) is 0 Å². The Kier molecular flexibility index (Phi) is 4.48. The minimum Gasteiger partial charge on any atom is -0.384 e. The molecule has 29 heavy (non-hydrogen) atoms. The first kappa shape index (κ1) is 17.8. The molecular weight excluding hydrogens is 364 g/mol. The Labute approximate surface area is 168 Å². The molecule has 0 saturated carbocycles. The Hall–Kier alpha value is -3.26. The number of aromatic amines is 1. The molecule has 0 amide bonds. The van der Waals surface area contributed by atoms with Gasteiger partial charge in [-0.25, -0.2) is 4.98 Å². The van der Waals surface area contributed by atoms with Crippen LogP contribution in [0, 0.1) is 6.92 Å². The van der Waals surface area contributed by atoms with Gasteiger partial charge in [-0.1, -0.05) is 18.2 Å². The fraction of sp³-hybridized carbons (Fsp3) is 0.333. The van der Waals surface area contributed by atoms with Gasteiger partial charge in [-0.3, -0.25) is 4.68 Å². The minimum atomic E-state index is 0.447. The molecule has 1 aliphatic heterocycles. The fourth-order valence-corrected chi connectivity index (χ4v) is 4.09. The van der Waals surface area contributed by atoms with Crippen molar-refractivity contribution in [1.29, 1.82) is 0 Å². The van der Waals surface area contributed by atoms with E-state index in [4.69, 9.17) is 5.73 Å². The van der Waals surface area contributed by atoms with E-state index in [0.717, 1.165) is 36.3 Å². The molecule has 5 rings (SSSR count). The number of hydrogen-bond acceptors (Lipinski definition) is 6. The predicted molar refractivity (Wildman–Crippen MR) is 112 cm³/mol. The molecule has 3 aromatic heterocycles. The smallest absolute Gasteiger partial charge is 0.203 e. The van der Waals surface area contributed by atoms with Crippen molar-refractivity contribution in [2.45, 2.75) is 32.2 Å². The number of anilines is 1. The molecule has 148 valence electrons. The van der Waals surface area contributed by atoms with Crippen molar-refractivity contribution in [1.82, 2.24) is 35.5 Å². The number of H-pyrrole nitrogens is 1. The van der Waals surface area contributed by atoms with Gasteiger partial charge in [0.1, 0.15) is 11.3 Å². The van der Waals surface area contributed by atoms with Gasteiger partial charge >= 0.3 is 0 Å². The fourth-order valence-electron chi connectivity index (χ4n) is 4.09. The van der Waals surface area contributed by atoms with Crippen molar-refractivity contribution >= 4 is 17.0 Å². The van der Waals surface area contributed by atoms with Crippen molar-refractivity contribution in [3.05, 3.63) is 64.5 Å². The molecule has 0 radical (unpaired) electrons. The normalized spacial score (nSPS) is 16.7. The lowest BCUT2D eigenvalue weighted by Crippen LogP contribution is -2.09. The summed E-state index contributed by atoms with van der Waals surface area (Å²) in [5, 5.41) is 18.9. The topological polar surface area (TPSA) is 110 Å². The number of aryl methyl sites for hydroxylation is 1. The standard InChI is InChI=1S/C21H24N8/c1-13-2-3-15(16-4-5-23-10-16)7-18(13)12-29-11-14(9-24-29)6-17-8-19(22)25-21-20(17)26-28-27-21/h2-3,7-9,11,16,23H,4-6,10,12H2,1H3,(H3,22,25,26,27,28)/t16-/m1/s1. The van der Waals surface area contributed by atoms with Crippen molar-refractivity contribution in [3.63, 3.8) is 0 Å². The van der Waals surface area contributed by atoms with Crippen LogP contribution in [-0.2, 0) is 13.0 Å². The highest BCUT2D eigenvalue weighted by Gasteiger charge is 2.17. The lowest BCUT2D eigenvalue weighted by molar-refractivity contribution is 0.679. The monoisotopic (exact) mass is 388 g/mol. The number of nitrogen functional groups attached to an aromatic ring is 1. The van der Waals surface area contributed by atoms with Gasteiger partial charge in [0, 0.05) is 19.2 Å². The SMILES string of the molecule is Cc1ccc([C@@H]2CCNC2)cc1Cn1cc(Cc2cc(N)nc3n[nH]nc23)cn1. The number of aromatic nitrogens is 6. The van der Waals surface area contributed by atoms with E-state index in [1.54, 1.807) is 0 Å². The summed E-state index contributed by atoms with van der Waals surface area (Å²) in [6.07, 6.45) is 5.89. The molecule has 1 saturated heterocycles. The van der Waals surface area contributed by atoms with Crippen LogP contribution >= 0.6 is 0 Å². The molecule has 1 aromatic carbocycles. The maximum Gasteiger partial charge on any atom is 0.203 e. The van der Waals surface area contributed by atoms with Gasteiger partial charge in [-0.15, -0.1) is 5.10 Å². The van der Waals surface area contributed by atoms with Crippen LogP contribution in [0.1, 0.15) is 40.2 Å². The zero-order valence-electron chi connectivity index (χ0n) is 16.4. The predicted octanol–water partition coefficient (Wildman–Crippen LogP) is 2.16. The van der Waals surface area contributed by atoms with E-state index in [-0.39, 0.29) is 0 Å². The second kappa shape index (κ2) is 7.29. The van der Waals surface area contributed by atoms with Gasteiger partial charge in [0.15, 0.2) is 0 Å². The quantitative estimate of drug-likeness (QED) is 0.483. The van der Waals surface area contributed by atoms with Gasteiger partial charge in [-0.2, -0.15) is 15.4 Å². The summed E-state index contributed by atoms with van der Waals surface area (Å²) in [6, 6.07) is 8.69. The second-order valence-electron chi connectivity index (χ2n) is 7.80. The highest BCUT2D eigenvalue weighted by Crippen LogP contribution is 2.25. The van der Waals surface area contributed by atoms with Gasteiger partial charge in [-0.05, 0) is 59.7 Å². The maximum absolute atomic E-state index is 5.91. The molecule has 1 atom stereocenters. The van der Waals surface area contributed by atoms with E-state index in [1.807, 2.05) is 16.9 Å². The molecule has 0 aliphatic carbocycles. The van der Waals surface area contributed by atoms with Crippen molar-refractivity contribution < 1.29 is 0 Å². The summed E-state index contributed by atoms with van der Waals surface area (Å²) in [7, 11) is 0. The molecule has 1 fully saturated rings. The molecule has 0 spiro atoms. The maximum atomic E-state index is 5.91. The van der Waals surface area contributed by atoms with Gasteiger partial charge in [0.25, 0.3) is 0 Å². The first-order chi connectivity index (χ1) is 14.2. The molecule has 4 heterocycles. The average molecular weight is 388 g/mol. The molecule has 4 aromatic rings. The molecule has 1 aliphatic rings. The summed E-state index contributed by atoms with van der Waals surface area (Å²) in [4.78, 5) is 4.20. The summed E-state index contributed by atoms with van der Waals surface area (Å²) in [5.74, 6) is 1.06. The zero-order chi connectivity index (χ0) is 19.8. The van der Waals surface area contributed by atoms with Crippen LogP contribution in [0.25, 0.3) is 11.2 Å². The number of benzene rings is 1. The van der Waals surface area contributed by atoms with Crippen molar-refractivity contribution in [3.8, 4) is 0 Å². The number of nitrogens with zero attached hydrogens (tertiary/aromatic N) is 5. The van der Waals surface area contributed by atoms with Gasteiger partial charge < -0.3 is 11.1 Å². The van der Waals surface area contributed by atoms with Crippen LogP contribution in [0.15, 0.2) is 36.7 Å².